The number of Topliss-reactive ketones (excluding diaryl/α,β-unsaturated/α-hetero) is 1. The number of nitrogens with two attached hydrogens (primary N) is 1. The summed E-state index contributed by atoms with van der Waals surface area (Å²) in [5.41, 5.74) is 8.56. The number of methoxy groups -OCH3 is 1. The van der Waals surface area contributed by atoms with E-state index in [0.717, 1.165) is 12.1 Å². The summed E-state index contributed by atoms with van der Waals surface area (Å²) in [5.74, 6) is 0.493. The number of ether oxygens (including phenoxy) is 1. The van der Waals surface area contributed by atoms with Gasteiger partial charge in [0, 0.05) is 23.1 Å². The average molecular weight is 395 g/mol. The Balaban J connectivity index is 1.69. The Bertz CT molecular complexity index is 1100. The largest absolute Gasteiger partial charge is 0.497 e. The van der Waals surface area contributed by atoms with Crippen LogP contribution in [0.2, 0.25) is 0 Å². The number of hydrogen-bond donors (Lipinski definition) is 2. The summed E-state index contributed by atoms with van der Waals surface area (Å²) in [6.07, 6.45) is 1.22. The minimum Gasteiger partial charge on any atom is -0.497 e. The molecule has 0 bridgehead atoms. The maximum atomic E-state index is 12.7. The second-order valence-corrected chi connectivity index (χ2v) is 8.80. The van der Waals surface area contributed by atoms with Gasteiger partial charge in [0.05, 0.1) is 18.5 Å². The minimum atomic E-state index is -0.296. The first-order valence-electron chi connectivity index (χ1n) is 8.98. The fourth-order valence-corrected chi connectivity index (χ4v) is 4.52. The molecule has 2 heterocycles. The SMILES string of the molecule is COc1ccc(NC(=O)c2sc3nc4c(cc3c2N)C(=O)CC(C)(C)C4)cc1. The van der Waals surface area contributed by atoms with Crippen molar-refractivity contribution in [1.29, 1.82) is 0 Å². The Labute approximate surface area is 166 Å². The number of ketones is 1. The Morgan fingerprint density at radius 1 is 1.25 bits per heavy atom. The summed E-state index contributed by atoms with van der Waals surface area (Å²) in [6.45, 7) is 4.13. The van der Waals surface area contributed by atoms with Gasteiger partial charge in [0.15, 0.2) is 5.78 Å². The number of amides is 1. The molecule has 0 saturated carbocycles. The van der Waals surface area contributed by atoms with Crippen LogP contribution in [0.5, 0.6) is 5.75 Å². The molecule has 2 aromatic heterocycles. The molecular weight excluding hydrogens is 374 g/mol. The van der Waals surface area contributed by atoms with Gasteiger partial charge in [0.25, 0.3) is 5.91 Å². The third kappa shape index (κ3) is 3.22. The quantitative estimate of drug-likeness (QED) is 0.690. The number of anilines is 2. The van der Waals surface area contributed by atoms with Crippen molar-refractivity contribution in [3.8, 4) is 5.75 Å². The minimum absolute atomic E-state index is 0.0792. The van der Waals surface area contributed by atoms with Crippen molar-refractivity contribution in [1.82, 2.24) is 4.98 Å². The molecule has 28 heavy (non-hydrogen) atoms. The number of pyridine rings is 1. The highest BCUT2D eigenvalue weighted by Crippen LogP contribution is 2.39. The van der Waals surface area contributed by atoms with Crippen LogP contribution in [0.25, 0.3) is 10.2 Å². The van der Waals surface area contributed by atoms with E-state index in [1.807, 2.05) is 0 Å². The maximum Gasteiger partial charge on any atom is 0.267 e. The zero-order valence-electron chi connectivity index (χ0n) is 16.0. The second kappa shape index (κ2) is 6.60. The van der Waals surface area contributed by atoms with E-state index in [1.54, 1.807) is 37.4 Å². The van der Waals surface area contributed by atoms with E-state index in [2.05, 4.69) is 24.1 Å². The van der Waals surface area contributed by atoms with Crippen LogP contribution in [-0.4, -0.2) is 23.8 Å². The van der Waals surface area contributed by atoms with E-state index >= 15 is 0 Å². The van der Waals surface area contributed by atoms with Crippen molar-refractivity contribution < 1.29 is 14.3 Å². The van der Waals surface area contributed by atoms with Gasteiger partial charge >= 0.3 is 0 Å². The van der Waals surface area contributed by atoms with Gasteiger partial charge in [-0.05, 0) is 42.2 Å². The van der Waals surface area contributed by atoms with Crippen LogP contribution >= 0.6 is 11.3 Å². The van der Waals surface area contributed by atoms with Crippen LogP contribution in [0, 0.1) is 5.41 Å². The molecule has 1 aliphatic carbocycles. The van der Waals surface area contributed by atoms with Crippen LogP contribution in [0.3, 0.4) is 0 Å². The molecule has 0 saturated heterocycles. The number of nitrogens with zero attached hydrogens (tertiary/aromatic N) is 1. The van der Waals surface area contributed by atoms with Crippen molar-refractivity contribution in [2.24, 2.45) is 5.41 Å². The van der Waals surface area contributed by atoms with Crippen LogP contribution < -0.4 is 15.8 Å². The van der Waals surface area contributed by atoms with Crippen molar-refractivity contribution in [2.45, 2.75) is 26.7 Å². The summed E-state index contributed by atoms with van der Waals surface area (Å²) in [7, 11) is 1.59. The smallest absolute Gasteiger partial charge is 0.267 e. The topological polar surface area (TPSA) is 94.3 Å². The lowest BCUT2D eigenvalue weighted by Crippen LogP contribution is -2.27. The predicted octanol–water partition coefficient (Wildman–Crippen LogP) is 4.29. The van der Waals surface area contributed by atoms with Crippen molar-refractivity contribution in [2.75, 3.05) is 18.2 Å². The first-order chi connectivity index (χ1) is 13.3. The van der Waals surface area contributed by atoms with E-state index in [-0.39, 0.29) is 17.1 Å². The number of nitrogen functional groups attached to an aromatic ring is 1. The molecule has 1 aliphatic rings. The van der Waals surface area contributed by atoms with Crippen LogP contribution in [0.15, 0.2) is 30.3 Å². The molecule has 144 valence electrons. The van der Waals surface area contributed by atoms with Gasteiger partial charge in [-0.25, -0.2) is 4.98 Å². The van der Waals surface area contributed by atoms with E-state index < -0.39 is 0 Å². The van der Waals surface area contributed by atoms with Gasteiger partial charge in [0.1, 0.15) is 15.5 Å². The lowest BCUT2D eigenvalue weighted by atomic mass is 9.75. The number of thiophene rings is 1. The molecule has 6 nitrogen and oxygen atoms in total. The summed E-state index contributed by atoms with van der Waals surface area (Å²) >= 11 is 1.25. The number of fused-ring (bicyclic) bond motifs is 2. The number of carbonyl (C=O) groups excluding carboxylic acids is 2. The van der Waals surface area contributed by atoms with Crippen LogP contribution in [0.1, 0.15) is 46.0 Å². The zero-order chi connectivity index (χ0) is 20.1. The predicted molar refractivity (Wildman–Crippen MR) is 111 cm³/mol. The third-order valence-corrected chi connectivity index (χ3v) is 6.05. The summed E-state index contributed by atoms with van der Waals surface area (Å²) in [6, 6.07) is 8.86. The molecular formula is C21H21N3O3S. The van der Waals surface area contributed by atoms with Gasteiger partial charge in [-0.1, -0.05) is 13.8 Å². The Hall–Kier alpha value is -2.93. The molecule has 0 aliphatic heterocycles. The van der Waals surface area contributed by atoms with E-state index in [4.69, 9.17) is 10.5 Å². The Kier molecular flexibility index (Phi) is 4.34. The molecule has 3 aromatic rings. The van der Waals surface area contributed by atoms with Gasteiger partial charge in [-0.3, -0.25) is 9.59 Å². The number of nitrogens with one attached hydrogen (secondary N) is 1. The highest BCUT2D eigenvalue weighted by atomic mass is 32.1. The zero-order valence-corrected chi connectivity index (χ0v) is 16.8. The number of carbonyl (C=O) groups is 2. The number of hydrogen-bond acceptors (Lipinski definition) is 6. The first-order valence-corrected chi connectivity index (χ1v) is 9.79. The molecule has 4 rings (SSSR count). The lowest BCUT2D eigenvalue weighted by Gasteiger charge is -2.29. The van der Waals surface area contributed by atoms with Crippen molar-refractivity contribution >= 4 is 44.6 Å². The number of aromatic nitrogens is 1. The standard InChI is InChI=1S/C21H21N3O3S/c1-21(2)9-15-13(16(25)10-21)8-14-17(22)18(28-20(14)24-15)19(26)23-11-4-6-12(27-3)7-5-11/h4-8H,9-10,22H2,1-3H3,(H,23,26). The Morgan fingerprint density at radius 2 is 1.96 bits per heavy atom. The van der Waals surface area contributed by atoms with E-state index in [1.165, 1.54) is 11.3 Å². The van der Waals surface area contributed by atoms with Crippen molar-refractivity contribution in [3.63, 3.8) is 0 Å². The molecule has 0 radical (unpaired) electrons. The monoisotopic (exact) mass is 395 g/mol. The van der Waals surface area contributed by atoms with Crippen LogP contribution in [-0.2, 0) is 6.42 Å². The second-order valence-electron chi connectivity index (χ2n) is 7.80. The van der Waals surface area contributed by atoms with E-state index in [9.17, 15) is 9.59 Å². The van der Waals surface area contributed by atoms with Gasteiger partial charge < -0.3 is 15.8 Å². The summed E-state index contributed by atoms with van der Waals surface area (Å²) in [5, 5.41) is 3.51. The number of benzene rings is 1. The molecule has 0 atom stereocenters. The molecule has 1 aromatic carbocycles. The van der Waals surface area contributed by atoms with Gasteiger partial charge in [0.2, 0.25) is 0 Å². The third-order valence-electron chi connectivity index (χ3n) is 4.94. The lowest BCUT2D eigenvalue weighted by molar-refractivity contribution is 0.0910. The highest BCUT2D eigenvalue weighted by molar-refractivity contribution is 7.21. The fraction of sp³-hybridized carbons (Fsp3) is 0.286. The van der Waals surface area contributed by atoms with E-state index in [0.29, 0.717) is 44.2 Å². The molecule has 0 fully saturated rings. The molecule has 3 N–H and O–H groups in total. The van der Waals surface area contributed by atoms with Crippen LogP contribution in [0.4, 0.5) is 11.4 Å². The normalized spacial score (nSPS) is 15.3. The molecule has 1 amide bonds. The van der Waals surface area contributed by atoms with Gasteiger partial charge in [-0.2, -0.15) is 0 Å². The average Bonchev–Trinajstić information content (AvgIpc) is 2.96. The molecule has 7 heteroatoms. The summed E-state index contributed by atoms with van der Waals surface area (Å²) < 4.78 is 5.12. The summed E-state index contributed by atoms with van der Waals surface area (Å²) in [4.78, 5) is 31.0. The van der Waals surface area contributed by atoms with Gasteiger partial charge in [-0.15, -0.1) is 11.3 Å². The Morgan fingerprint density at radius 3 is 2.64 bits per heavy atom. The maximum absolute atomic E-state index is 12.7. The molecule has 0 spiro atoms. The van der Waals surface area contributed by atoms with Crippen molar-refractivity contribution in [3.05, 3.63) is 46.5 Å². The fourth-order valence-electron chi connectivity index (χ4n) is 3.53. The molecule has 0 unspecified atom stereocenters. The highest BCUT2D eigenvalue weighted by Gasteiger charge is 2.33. The number of rotatable bonds is 3. The first kappa shape index (κ1) is 18.4.